The van der Waals surface area contributed by atoms with Gasteiger partial charge in [0, 0.05) is 5.69 Å². The van der Waals surface area contributed by atoms with E-state index in [2.05, 4.69) is 15.6 Å². The molecule has 1 atom stereocenters. The Morgan fingerprint density at radius 2 is 2.13 bits per heavy atom. The molecule has 1 aliphatic heterocycles. The van der Waals surface area contributed by atoms with Gasteiger partial charge in [-0.15, -0.1) is 11.3 Å². The summed E-state index contributed by atoms with van der Waals surface area (Å²) in [4.78, 5) is 43.8. The van der Waals surface area contributed by atoms with Gasteiger partial charge in [0.25, 0.3) is 5.91 Å². The second-order valence-corrected chi connectivity index (χ2v) is 9.38. The van der Waals surface area contributed by atoms with Gasteiger partial charge in [-0.05, 0) is 48.4 Å². The quantitative estimate of drug-likeness (QED) is 0.482. The van der Waals surface area contributed by atoms with Crippen LogP contribution in [0.1, 0.15) is 17.5 Å². The third-order valence-electron chi connectivity index (χ3n) is 5.55. The zero-order valence-electron chi connectivity index (χ0n) is 16.1. The normalized spacial score (nSPS) is 20.1. The summed E-state index contributed by atoms with van der Waals surface area (Å²) in [5.41, 5.74) is 2.31. The standard InChI is InChI=1S/C21H18N4O3S2/c1-29-20-23-15-7-6-13(10-16(15)30-20)22-17(26)11-25-18(27)21(24-19(25)28)9-8-12-4-2-3-5-14(12)21/h2-7,10H,8-9,11H2,1H3,(H,22,26)(H,24,28)/t21-/m0/s1. The van der Waals surface area contributed by atoms with Gasteiger partial charge in [-0.1, -0.05) is 36.0 Å². The van der Waals surface area contributed by atoms with Gasteiger partial charge in [0.05, 0.1) is 10.2 Å². The van der Waals surface area contributed by atoms with Crippen LogP contribution in [-0.2, 0) is 21.5 Å². The lowest BCUT2D eigenvalue weighted by molar-refractivity contribution is -0.134. The minimum Gasteiger partial charge on any atom is -0.324 e. The molecule has 2 aliphatic rings. The lowest BCUT2D eigenvalue weighted by atomic mass is 9.92. The molecule has 7 nitrogen and oxygen atoms in total. The molecule has 0 saturated carbocycles. The monoisotopic (exact) mass is 438 g/mol. The van der Waals surface area contributed by atoms with Gasteiger partial charge >= 0.3 is 6.03 Å². The summed E-state index contributed by atoms with van der Waals surface area (Å²) in [7, 11) is 0. The Balaban J connectivity index is 1.33. The van der Waals surface area contributed by atoms with E-state index >= 15 is 0 Å². The van der Waals surface area contributed by atoms with Gasteiger partial charge in [-0.2, -0.15) is 0 Å². The predicted molar refractivity (Wildman–Crippen MR) is 117 cm³/mol. The van der Waals surface area contributed by atoms with Crippen LogP contribution in [0.25, 0.3) is 10.2 Å². The Labute approximate surface area is 180 Å². The second-order valence-electron chi connectivity index (χ2n) is 7.30. The van der Waals surface area contributed by atoms with Crippen molar-refractivity contribution in [2.45, 2.75) is 22.7 Å². The van der Waals surface area contributed by atoms with Crippen LogP contribution in [-0.4, -0.2) is 40.5 Å². The third kappa shape index (κ3) is 2.96. The largest absolute Gasteiger partial charge is 0.325 e. The van der Waals surface area contributed by atoms with Crippen molar-refractivity contribution in [3.63, 3.8) is 0 Å². The molecular weight excluding hydrogens is 420 g/mol. The van der Waals surface area contributed by atoms with Gasteiger partial charge in [-0.3, -0.25) is 14.5 Å². The van der Waals surface area contributed by atoms with E-state index in [4.69, 9.17) is 0 Å². The van der Waals surface area contributed by atoms with Crippen molar-refractivity contribution in [2.24, 2.45) is 0 Å². The number of thiazole rings is 1. The Morgan fingerprint density at radius 3 is 2.97 bits per heavy atom. The lowest BCUT2D eigenvalue weighted by Crippen LogP contribution is -2.42. The number of nitrogens with one attached hydrogen (secondary N) is 2. The Hall–Kier alpha value is -2.91. The van der Waals surface area contributed by atoms with Crippen LogP contribution < -0.4 is 10.6 Å². The highest BCUT2D eigenvalue weighted by atomic mass is 32.2. The number of urea groups is 1. The van der Waals surface area contributed by atoms with Crippen molar-refractivity contribution < 1.29 is 14.4 Å². The van der Waals surface area contributed by atoms with Crippen LogP contribution in [0.2, 0.25) is 0 Å². The number of hydrogen-bond acceptors (Lipinski definition) is 6. The fourth-order valence-corrected chi connectivity index (χ4v) is 5.67. The van der Waals surface area contributed by atoms with Crippen LogP contribution in [0.4, 0.5) is 10.5 Å². The average molecular weight is 439 g/mol. The van der Waals surface area contributed by atoms with Gasteiger partial charge < -0.3 is 10.6 Å². The number of aryl methyl sites for hydroxylation is 1. The Kier molecular flexibility index (Phi) is 4.52. The number of amides is 4. The minimum atomic E-state index is -1.05. The number of carbonyl (C=O) groups is 3. The molecule has 2 N–H and O–H groups in total. The molecule has 5 rings (SSSR count). The maximum atomic E-state index is 13.2. The molecule has 1 fully saturated rings. The molecule has 1 saturated heterocycles. The summed E-state index contributed by atoms with van der Waals surface area (Å²) >= 11 is 3.12. The molecule has 1 aromatic heterocycles. The van der Waals surface area contributed by atoms with Crippen LogP contribution in [0.3, 0.4) is 0 Å². The molecule has 9 heteroatoms. The van der Waals surface area contributed by atoms with E-state index < -0.39 is 17.5 Å². The van der Waals surface area contributed by atoms with E-state index in [1.54, 1.807) is 29.2 Å². The van der Waals surface area contributed by atoms with Crippen LogP contribution in [0.5, 0.6) is 0 Å². The van der Waals surface area contributed by atoms with E-state index in [1.807, 2.05) is 42.7 Å². The van der Waals surface area contributed by atoms with Crippen molar-refractivity contribution in [2.75, 3.05) is 18.1 Å². The first-order valence-electron chi connectivity index (χ1n) is 9.47. The summed E-state index contributed by atoms with van der Waals surface area (Å²) in [6, 6.07) is 12.6. The predicted octanol–water partition coefficient (Wildman–Crippen LogP) is 3.35. The summed E-state index contributed by atoms with van der Waals surface area (Å²) in [6.45, 7) is -0.328. The average Bonchev–Trinajstić information content (AvgIpc) is 3.39. The maximum absolute atomic E-state index is 13.2. The zero-order chi connectivity index (χ0) is 20.9. The molecule has 152 valence electrons. The van der Waals surface area contributed by atoms with Gasteiger partial charge in [-0.25, -0.2) is 9.78 Å². The highest BCUT2D eigenvalue weighted by Gasteiger charge is 2.55. The smallest absolute Gasteiger partial charge is 0.324 e. The maximum Gasteiger partial charge on any atom is 0.325 e. The molecule has 0 bridgehead atoms. The SMILES string of the molecule is CSc1nc2ccc(NC(=O)CN3C(=O)N[C@]4(CCc5ccccc54)C3=O)cc2s1. The highest BCUT2D eigenvalue weighted by molar-refractivity contribution is 8.00. The van der Waals surface area contributed by atoms with Crippen molar-refractivity contribution >= 4 is 56.8 Å². The molecule has 30 heavy (non-hydrogen) atoms. The number of benzene rings is 2. The molecule has 0 radical (unpaired) electrons. The number of imide groups is 1. The van der Waals surface area contributed by atoms with E-state index in [0.29, 0.717) is 12.1 Å². The van der Waals surface area contributed by atoms with Crippen molar-refractivity contribution in [1.82, 2.24) is 15.2 Å². The van der Waals surface area contributed by atoms with E-state index in [0.717, 1.165) is 37.0 Å². The molecule has 2 aromatic carbocycles. The molecular formula is C21H18N4O3S2. The Morgan fingerprint density at radius 1 is 1.30 bits per heavy atom. The molecule has 1 aliphatic carbocycles. The topological polar surface area (TPSA) is 91.4 Å². The summed E-state index contributed by atoms with van der Waals surface area (Å²) < 4.78 is 1.92. The molecule has 4 amide bonds. The van der Waals surface area contributed by atoms with Crippen molar-refractivity contribution in [1.29, 1.82) is 0 Å². The molecule has 3 aromatic rings. The van der Waals surface area contributed by atoms with Gasteiger partial charge in [0.15, 0.2) is 4.34 Å². The first-order chi connectivity index (χ1) is 14.5. The summed E-state index contributed by atoms with van der Waals surface area (Å²) in [6.07, 6.45) is 3.19. The van der Waals surface area contributed by atoms with E-state index in [9.17, 15) is 14.4 Å². The van der Waals surface area contributed by atoms with Gasteiger partial charge in [0.1, 0.15) is 12.1 Å². The third-order valence-corrected chi connectivity index (χ3v) is 7.55. The number of aromatic nitrogens is 1. The number of rotatable bonds is 4. The first-order valence-corrected chi connectivity index (χ1v) is 11.5. The fourth-order valence-electron chi connectivity index (χ4n) is 4.15. The second kappa shape index (κ2) is 7.10. The number of thioether (sulfide) groups is 1. The van der Waals surface area contributed by atoms with Crippen molar-refractivity contribution in [3.8, 4) is 0 Å². The summed E-state index contributed by atoms with van der Waals surface area (Å²) in [5.74, 6) is -0.786. The van der Waals surface area contributed by atoms with Crippen LogP contribution in [0.15, 0.2) is 46.8 Å². The van der Waals surface area contributed by atoms with Gasteiger partial charge in [0.2, 0.25) is 5.91 Å². The molecule has 0 unspecified atom stereocenters. The van der Waals surface area contributed by atoms with Crippen LogP contribution in [0, 0.1) is 0 Å². The number of hydrogen-bond donors (Lipinski definition) is 2. The number of fused-ring (bicyclic) bond motifs is 3. The Bertz CT molecular complexity index is 1210. The number of carbonyl (C=O) groups excluding carboxylic acids is 3. The number of nitrogens with zero attached hydrogens (tertiary/aromatic N) is 2. The summed E-state index contributed by atoms with van der Waals surface area (Å²) in [5, 5.41) is 5.62. The van der Waals surface area contributed by atoms with E-state index in [1.165, 1.54) is 0 Å². The van der Waals surface area contributed by atoms with Crippen LogP contribution >= 0.6 is 23.1 Å². The minimum absolute atomic E-state index is 0.328. The lowest BCUT2D eigenvalue weighted by Gasteiger charge is -2.22. The van der Waals surface area contributed by atoms with E-state index in [-0.39, 0.29) is 12.5 Å². The highest BCUT2D eigenvalue weighted by Crippen LogP contribution is 2.41. The zero-order valence-corrected chi connectivity index (χ0v) is 17.7. The first kappa shape index (κ1) is 19.1. The number of anilines is 1. The van der Waals surface area contributed by atoms with Crippen molar-refractivity contribution in [3.05, 3.63) is 53.6 Å². The fraction of sp³-hybridized carbons (Fsp3) is 0.238. The molecule has 1 spiro atoms. The molecule has 2 heterocycles.